The van der Waals surface area contributed by atoms with Crippen molar-refractivity contribution in [2.24, 2.45) is 5.92 Å². The van der Waals surface area contributed by atoms with E-state index >= 15 is 0 Å². The van der Waals surface area contributed by atoms with Crippen molar-refractivity contribution in [1.29, 1.82) is 0 Å². The van der Waals surface area contributed by atoms with Gasteiger partial charge in [0.15, 0.2) is 23.5 Å². The molecule has 9 heteroatoms. The molecule has 116 valence electrons. The molecule has 2 unspecified atom stereocenters. The Morgan fingerprint density at radius 2 is 2.32 bits per heavy atom. The van der Waals surface area contributed by atoms with Gasteiger partial charge in [-0.2, -0.15) is 0 Å². The summed E-state index contributed by atoms with van der Waals surface area (Å²) >= 11 is 0. The van der Waals surface area contributed by atoms with Crippen molar-refractivity contribution < 1.29 is 19.3 Å². The Balaban J connectivity index is 1.58. The minimum atomic E-state index is -0.619. The topological polar surface area (TPSA) is 118 Å². The van der Waals surface area contributed by atoms with Crippen molar-refractivity contribution in [3.63, 3.8) is 0 Å². The first-order valence-corrected chi connectivity index (χ1v) is 7.09. The summed E-state index contributed by atoms with van der Waals surface area (Å²) in [4.78, 5) is 12.4. The molecule has 0 amide bonds. The first-order valence-electron chi connectivity index (χ1n) is 7.09. The van der Waals surface area contributed by atoms with E-state index in [1.54, 1.807) is 18.0 Å². The normalized spacial score (nSPS) is 42.0. The number of methoxy groups -OCH3 is 1. The molecule has 0 spiro atoms. The predicted molar refractivity (Wildman–Crippen MR) is 72.4 cm³/mol. The number of ether oxygens (including phenoxy) is 3. The second-order valence-corrected chi connectivity index (χ2v) is 6.07. The number of rotatable bonds is 3. The number of fused-ring (bicyclic) bond motifs is 1. The smallest absolute Gasteiger partial charge is 0.179 e. The number of aliphatic hydroxyl groups excluding tert-OH is 1. The van der Waals surface area contributed by atoms with E-state index < -0.39 is 17.6 Å². The number of aliphatic hydroxyl groups is 1. The summed E-state index contributed by atoms with van der Waals surface area (Å²) < 4.78 is 19.3. The van der Waals surface area contributed by atoms with Crippen LogP contribution in [0.4, 0.5) is 5.82 Å². The molecule has 1 saturated carbocycles. The molecular formula is C13H15N5O4. The third-order valence-electron chi connectivity index (χ3n) is 5.16. The SMILES string of the molecule is COC12C[C@]3(CO)O[C@@H](n4cnc5c(N)ncnc54)[C@H](O1)C23. The number of imidazole rings is 1. The highest BCUT2D eigenvalue weighted by Gasteiger charge is 2.82. The van der Waals surface area contributed by atoms with Crippen LogP contribution in [0.3, 0.4) is 0 Å². The summed E-state index contributed by atoms with van der Waals surface area (Å²) in [5.41, 5.74) is 6.32. The Labute approximate surface area is 125 Å². The van der Waals surface area contributed by atoms with Gasteiger partial charge in [0.1, 0.15) is 23.5 Å². The van der Waals surface area contributed by atoms with Crippen LogP contribution in [0.2, 0.25) is 0 Å². The molecule has 2 aliphatic heterocycles. The number of nitrogens with two attached hydrogens (primary N) is 1. The third kappa shape index (κ3) is 1.19. The molecule has 4 heterocycles. The van der Waals surface area contributed by atoms with Gasteiger partial charge in [0, 0.05) is 13.5 Å². The Kier molecular flexibility index (Phi) is 2.16. The molecule has 0 aromatic carbocycles. The number of anilines is 1. The Morgan fingerprint density at radius 3 is 3.09 bits per heavy atom. The van der Waals surface area contributed by atoms with E-state index in [0.29, 0.717) is 23.4 Å². The van der Waals surface area contributed by atoms with Gasteiger partial charge < -0.3 is 25.1 Å². The molecule has 5 atom stereocenters. The molecule has 1 aliphatic carbocycles. The van der Waals surface area contributed by atoms with E-state index in [0.717, 1.165) is 0 Å². The fourth-order valence-electron chi connectivity index (χ4n) is 4.15. The van der Waals surface area contributed by atoms with Gasteiger partial charge in [-0.15, -0.1) is 0 Å². The second-order valence-electron chi connectivity index (χ2n) is 6.07. The quantitative estimate of drug-likeness (QED) is 0.774. The van der Waals surface area contributed by atoms with Gasteiger partial charge in [-0.3, -0.25) is 4.57 Å². The van der Waals surface area contributed by atoms with E-state index in [-0.39, 0.29) is 18.6 Å². The highest BCUT2D eigenvalue weighted by Crippen LogP contribution is 2.69. The monoisotopic (exact) mass is 305 g/mol. The van der Waals surface area contributed by atoms with Crippen molar-refractivity contribution in [2.45, 2.75) is 30.1 Å². The van der Waals surface area contributed by atoms with Crippen molar-refractivity contribution in [2.75, 3.05) is 19.5 Å². The van der Waals surface area contributed by atoms with Crippen LogP contribution in [0.1, 0.15) is 12.6 Å². The lowest BCUT2D eigenvalue weighted by Gasteiger charge is -2.64. The highest BCUT2D eigenvalue weighted by atomic mass is 16.8. The molecule has 3 N–H and O–H groups in total. The van der Waals surface area contributed by atoms with Gasteiger partial charge in [0.25, 0.3) is 0 Å². The lowest BCUT2D eigenvalue weighted by molar-refractivity contribution is -0.441. The molecule has 2 saturated heterocycles. The van der Waals surface area contributed by atoms with Crippen LogP contribution in [0.25, 0.3) is 11.2 Å². The molecule has 2 aromatic heterocycles. The summed E-state index contributed by atoms with van der Waals surface area (Å²) in [6.07, 6.45) is 2.92. The second kappa shape index (κ2) is 3.74. The molecule has 3 fully saturated rings. The van der Waals surface area contributed by atoms with Gasteiger partial charge in [-0.05, 0) is 0 Å². The van der Waals surface area contributed by atoms with Crippen molar-refractivity contribution >= 4 is 17.0 Å². The molecule has 2 aromatic rings. The summed E-state index contributed by atoms with van der Waals surface area (Å²) in [6.45, 7) is -0.0666. The van der Waals surface area contributed by atoms with Gasteiger partial charge in [-0.25, -0.2) is 15.0 Å². The van der Waals surface area contributed by atoms with Crippen LogP contribution < -0.4 is 5.73 Å². The number of nitrogen functional groups attached to an aromatic ring is 1. The van der Waals surface area contributed by atoms with Crippen LogP contribution in [0, 0.1) is 5.92 Å². The third-order valence-corrected chi connectivity index (χ3v) is 5.16. The van der Waals surface area contributed by atoms with Crippen LogP contribution in [-0.4, -0.2) is 55.8 Å². The summed E-state index contributed by atoms with van der Waals surface area (Å²) in [5.74, 6) is -0.286. The van der Waals surface area contributed by atoms with Crippen LogP contribution >= 0.6 is 0 Å². The largest absolute Gasteiger partial charge is 0.393 e. The fourth-order valence-corrected chi connectivity index (χ4v) is 4.15. The van der Waals surface area contributed by atoms with Gasteiger partial charge in [0.05, 0.1) is 18.9 Å². The minimum Gasteiger partial charge on any atom is -0.393 e. The molecule has 3 aliphatic rings. The van der Waals surface area contributed by atoms with E-state index in [1.165, 1.54) is 6.33 Å². The molecule has 22 heavy (non-hydrogen) atoms. The minimum absolute atomic E-state index is 0.0108. The molecule has 5 rings (SSSR count). The first-order chi connectivity index (χ1) is 10.6. The lowest BCUT2D eigenvalue weighted by atomic mass is 9.59. The van der Waals surface area contributed by atoms with Crippen LogP contribution in [-0.2, 0) is 14.2 Å². The van der Waals surface area contributed by atoms with Gasteiger partial charge in [0.2, 0.25) is 0 Å². The van der Waals surface area contributed by atoms with Gasteiger partial charge in [-0.1, -0.05) is 0 Å². The fraction of sp³-hybridized carbons (Fsp3) is 0.615. The zero-order chi connectivity index (χ0) is 15.1. The number of hydrogen-bond acceptors (Lipinski definition) is 8. The van der Waals surface area contributed by atoms with Crippen molar-refractivity contribution in [3.05, 3.63) is 12.7 Å². The van der Waals surface area contributed by atoms with E-state index in [1.807, 2.05) is 0 Å². The number of aromatic nitrogens is 4. The molecule has 0 bridgehead atoms. The lowest BCUT2D eigenvalue weighted by Crippen LogP contribution is -2.77. The van der Waals surface area contributed by atoms with Crippen molar-refractivity contribution in [1.82, 2.24) is 19.5 Å². The average Bonchev–Trinajstić information content (AvgIpc) is 2.95. The Morgan fingerprint density at radius 1 is 1.45 bits per heavy atom. The Bertz CT molecular complexity index is 781. The van der Waals surface area contributed by atoms with E-state index in [9.17, 15) is 5.11 Å². The van der Waals surface area contributed by atoms with Crippen molar-refractivity contribution in [3.8, 4) is 0 Å². The average molecular weight is 305 g/mol. The molecular weight excluding hydrogens is 290 g/mol. The maximum Gasteiger partial charge on any atom is 0.179 e. The number of nitrogens with zero attached hydrogens (tertiary/aromatic N) is 4. The van der Waals surface area contributed by atoms with E-state index in [2.05, 4.69) is 15.0 Å². The maximum absolute atomic E-state index is 9.76. The Hall–Kier alpha value is -1.81. The first kappa shape index (κ1) is 12.7. The zero-order valence-corrected chi connectivity index (χ0v) is 11.8. The predicted octanol–water partition coefficient (Wildman–Crippen LogP) is -0.570. The van der Waals surface area contributed by atoms with E-state index in [4.69, 9.17) is 19.9 Å². The highest BCUT2D eigenvalue weighted by molar-refractivity contribution is 5.81. The van der Waals surface area contributed by atoms with Crippen LogP contribution in [0.5, 0.6) is 0 Å². The van der Waals surface area contributed by atoms with Gasteiger partial charge >= 0.3 is 0 Å². The number of hydrogen-bond donors (Lipinski definition) is 2. The maximum atomic E-state index is 9.76. The molecule has 0 radical (unpaired) electrons. The zero-order valence-electron chi connectivity index (χ0n) is 11.8. The summed E-state index contributed by atoms with van der Waals surface area (Å²) in [7, 11) is 1.62. The molecule has 9 nitrogen and oxygen atoms in total. The summed E-state index contributed by atoms with van der Waals surface area (Å²) in [6, 6.07) is 0. The summed E-state index contributed by atoms with van der Waals surface area (Å²) in [5, 5.41) is 9.76. The van der Waals surface area contributed by atoms with Crippen LogP contribution in [0.15, 0.2) is 12.7 Å². The standard InChI is InChI=1S/C13H15N5O4/c1-20-13-2-12(3-19)8(13)7(21-13)11(22-12)18-5-17-6-9(14)15-4-16-10(6)18/h4-5,7-8,11,19H,2-3H2,1H3,(H2,14,15,16)/t7-,8?,11-,12-,13?/m1/s1.